The van der Waals surface area contributed by atoms with Crippen molar-refractivity contribution in [1.82, 2.24) is 0 Å². The highest BCUT2D eigenvalue weighted by Crippen LogP contribution is 2.25. The normalized spacial score (nSPS) is 9.30. The molecule has 0 heterocycles. The minimum Gasteiger partial charge on any atom is -0.507 e. The van der Waals surface area contributed by atoms with Crippen LogP contribution in [-0.4, -0.2) is 11.0 Å². The number of hydrogen-bond donors (Lipinski definition) is 2. The van der Waals surface area contributed by atoms with E-state index in [1.54, 1.807) is 24.3 Å². The summed E-state index contributed by atoms with van der Waals surface area (Å²) in [4.78, 5) is 12.2. The van der Waals surface area contributed by atoms with E-state index in [0.29, 0.717) is 5.69 Å². The zero-order valence-electron chi connectivity index (χ0n) is 12.7. The molecule has 0 radical (unpaired) electrons. The Kier molecular flexibility index (Phi) is 6.81. The number of phenols is 1. The van der Waals surface area contributed by atoms with E-state index < -0.39 is 0 Å². The molecule has 0 aliphatic heterocycles. The fourth-order valence-corrected chi connectivity index (χ4v) is 2.13. The summed E-state index contributed by atoms with van der Waals surface area (Å²) in [6.07, 6.45) is 0. The maximum atomic E-state index is 12.2. The van der Waals surface area contributed by atoms with Crippen molar-refractivity contribution >= 4 is 22.4 Å². The lowest BCUT2D eigenvalue weighted by Gasteiger charge is -2.08. The first kappa shape index (κ1) is 18.2. The molecule has 3 heteroatoms. The number of benzene rings is 3. The molecule has 23 heavy (non-hydrogen) atoms. The van der Waals surface area contributed by atoms with E-state index in [9.17, 15) is 9.90 Å². The van der Waals surface area contributed by atoms with Crippen LogP contribution in [0.5, 0.6) is 5.75 Å². The van der Waals surface area contributed by atoms with Gasteiger partial charge in [0, 0.05) is 5.69 Å². The van der Waals surface area contributed by atoms with Gasteiger partial charge >= 0.3 is 0 Å². The number of nitrogens with one attached hydrogen (secondary N) is 1. The van der Waals surface area contributed by atoms with Crippen molar-refractivity contribution in [3.63, 3.8) is 0 Å². The van der Waals surface area contributed by atoms with Gasteiger partial charge in [0.2, 0.25) is 0 Å². The van der Waals surface area contributed by atoms with E-state index in [-0.39, 0.29) is 24.6 Å². The van der Waals surface area contributed by atoms with E-state index in [1.165, 1.54) is 0 Å². The number of anilines is 1. The average Bonchev–Trinajstić information content (AvgIpc) is 2.57. The molecule has 0 aliphatic carbocycles. The lowest BCUT2D eigenvalue weighted by Crippen LogP contribution is -2.11. The molecule has 3 aromatic rings. The predicted octanol–water partition coefficient (Wildman–Crippen LogP) is 5.46. The van der Waals surface area contributed by atoms with Gasteiger partial charge in [-0.25, -0.2) is 0 Å². The van der Waals surface area contributed by atoms with Gasteiger partial charge in [0.15, 0.2) is 0 Å². The summed E-state index contributed by atoms with van der Waals surface area (Å²) in [7, 11) is 0. The zero-order chi connectivity index (χ0) is 15.9. The maximum Gasteiger partial charge on any atom is 0.259 e. The van der Waals surface area contributed by atoms with Gasteiger partial charge in [-0.15, -0.1) is 0 Å². The molecule has 3 aromatic carbocycles. The largest absolute Gasteiger partial charge is 0.507 e. The van der Waals surface area contributed by atoms with Gasteiger partial charge in [0.05, 0.1) is 5.56 Å². The van der Waals surface area contributed by atoms with Crippen molar-refractivity contribution in [3.05, 3.63) is 72.3 Å². The molecule has 3 rings (SSSR count). The lowest BCUT2D eigenvalue weighted by molar-refractivity contribution is 0.102. The molecule has 0 bridgehead atoms. The van der Waals surface area contributed by atoms with E-state index >= 15 is 0 Å². The number of hydrogen-bond acceptors (Lipinski definition) is 2. The topological polar surface area (TPSA) is 49.3 Å². The SMILES string of the molecule is C.CC.O=C(Nc1ccccc1)c1cc2ccccc2cc1O. The van der Waals surface area contributed by atoms with Crippen LogP contribution in [0.4, 0.5) is 5.69 Å². The van der Waals surface area contributed by atoms with Crippen LogP contribution in [0.25, 0.3) is 10.8 Å². The van der Waals surface area contributed by atoms with Crippen LogP contribution in [-0.2, 0) is 0 Å². The average molecular weight is 309 g/mol. The van der Waals surface area contributed by atoms with Gasteiger partial charge in [-0.2, -0.15) is 0 Å². The molecule has 0 atom stereocenters. The summed E-state index contributed by atoms with van der Waals surface area (Å²) < 4.78 is 0. The molecule has 0 fully saturated rings. The minimum absolute atomic E-state index is 0. The highest BCUT2D eigenvalue weighted by molar-refractivity contribution is 6.08. The number of amides is 1. The predicted molar refractivity (Wildman–Crippen MR) is 98.1 cm³/mol. The van der Waals surface area contributed by atoms with E-state index in [1.807, 2.05) is 56.3 Å². The first-order valence-corrected chi connectivity index (χ1v) is 7.32. The molecule has 0 aromatic heterocycles. The fraction of sp³-hybridized carbons (Fsp3) is 0.150. The number of fused-ring (bicyclic) bond motifs is 1. The monoisotopic (exact) mass is 309 g/mol. The van der Waals surface area contributed by atoms with Crippen LogP contribution in [0.1, 0.15) is 31.6 Å². The van der Waals surface area contributed by atoms with Crippen molar-refractivity contribution in [3.8, 4) is 5.75 Å². The van der Waals surface area contributed by atoms with E-state index in [0.717, 1.165) is 10.8 Å². The number of aromatic hydroxyl groups is 1. The van der Waals surface area contributed by atoms with Crippen LogP contribution >= 0.6 is 0 Å². The highest BCUT2D eigenvalue weighted by Gasteiger charge is 2.12. The molecule has 0 saturated carbocycles. The first-order valence-electron chi connectivity index (χ1n) is 7.32. The molecular weight excluding hydrogens is 286 g/mol. The van der Waals surface area contributed by atoms with Gasteiger partial charge in [-0.05, 0) is 35.0 Å². The summed E-state index contributed by atoms with van der Waals surface area (Å²) in [5.41, 5.74) is 0.970. The summed E-state index contributed by atoms with van der Waals surface area (Å²) in [6, 6.07) is 20.1. The van der Waals surface area contributed by atoms with E-state index in [2.05, 4.69) is 5.32 Å². The Labute approximate surface area is 137 Å². The Bertz CT molecular complexity index is 767. The summed E-state index contributed by atoms with van der Waals surface area (Å²) in [5, 5.41) is 14.6. The Hall–Kier alpha value is -2.81. The molecule has 1 amide bonds. The molecule has 0 unspecified atom stereocenters. The molecule has 0 aliphatic rings. The third-order valence-corrected chi connectivity index (χ3v) is 3.14. The number of rotatable bonds is 2. The Morgan fingerprint density at radius 2 is 1.39 bits per heavy atom. The second kappa shape index (κ2) is 8.59. The van der Waals surface area contributed by atoms with Crippen LogP contribution in [0.15, 0.2) is 66.7 Å². The van der Waals surface area contributed by atoms with Gasteiger partial charge in [-0.3, -0.25) is 4.79 Å². The number of para-hydroxylation sites is 1. The van der Waals surface area contributed by atoms with Crippen LogP contribution in [0, 0.1) is 0 Å². The minimum atomic E-state index is -0.320. The zero-order valence-corrected chi connectivity index (χ0v) is 12.7. The summed E-state index contributed by atoms with van der Waals surface area (Å²) in [5.74, 6) is -0.336. The molecule has 0 spiro atoms. The van der Waals surface area contributed by atoms with Crippen molar-refractivity contribution in [1.29, 1.82) is 0 Å². The van der Waals surface area contributed by atoms with Crippen molar-refractivity contribution < 1.29 is 9.90 Å². The second-order valence-corrected chi connectivity index (χ2v) is 4.54. The van der Waals surface area contributed by atoms with Crippen LogP contribution in [0.2, 0.25) is 0 Å². The quantitative estimate of drug-likeness (QED) is 0.660. The van der Waals surface area contributed by atoms with Crippen molar-refractivity contribution in [2.75, 3.05) is 5.32 Å². The second-order valence-electron chi connectivity index (χ2n) is 4.54. The summed E-state index contributed by atoms with van der Waals surface area (Å²) in [6.45, 7) is 4.00. The van der Waals surface area contributed by atoms with Gasteiger partial charge in [0.25, 0.3) is 5.91 Å². The van der Waals surface area contributed by atoms with Gasteiger partial charge in [-0.1, -0.05) is 63.7 Å². The van der Waals surface area contributed by atoms with Gasteiger partial charge < -0.3 is 10.4 Å². The molecule has 2 N–H and O–H groups in total. The Balaban J connectivity index is 0.000000849. The standard InChI is InChI=1S/C17H13NO2.C2H6.CH4/c19-16-11-13-7-5-4-6-12(13)10-15(16)17(20)18-14-8-2-1-3-9-14;1-2;/h1-11,19H,(H,18,20);1-2H3;1H4. The summed E-state index contributed by atoms with van der Waals surface area (Å²) >= 11 is 0. The van der Waals surface area contributed by atoms with Gasteiger partial charge in [0.1, 0.15) is 5.75 Å². The Morgan fingerprint density at radius 3 is 2.00 bits per heavy atom. The van der Waals surface area contributed by atoms with Crippen molar-refractivity contribution in [2.45, 2.75) is 21.3 Å². The highest BCUT2D eigenvalue weighted by atomic mass is 16.3. The Morgan fingerprint density at radius 1 is 0.870 bits per heavy atom. The first-order chi connectivity index (χ1) is 10.7. The van der Waals surface area contributed by atoms with Crippen LogP contribution in [0.3, 0.4) is 0 Å². The van der Waals surface area contributed by atoms with E-state index in [4.69, 9.17) is 0 Å². The number of carbonyl (C=O) groups excluding carboxylic acids is 1. The third-order valence-electron chi connectivity index (χ3n) is 3.14. The van der Waals surface area contributed by atoms with Crippen LogP contribution < -0.4 is 5.32 Å². The third kappa shape index (κ3) is 4.33. The molecule has 0 saturated heterocycles. The number of carbonyl (C=O) groups is 1. The van der Waals surface area contributed by atoms with Crippen molar-refractivity contribution in [2.24, 2.45) is 0 Å². The molecular formula is C20H23NO2. The molecule has 120 valence electrons. The maximum absolute atomic E-state index is 12.2. The fourth-order valence-electron chi connectivity index (χ4n) is 2.13. The number of phenolic OH excluding ortho intramolecular Hbond substituents is 1. The molecule has 3 nitrogen and oxygen atoms in total. The smallest absolute Gasteiger partial charge is 0.259 e. The lowest BCUT2D eigenvalue weighted by atomic mass is 10.1.